The molecule has 0 spiro atoms. The van der Waals surface area contributed by atoms with Crippen molar-refractivity contribution in [2.75, 3.05) is 13.1 Å². The van der Waals surface area contributed by atoms with Gasteiger partial charge in [-0.3, -0.25) is 4.79 Å². The van der Waals surface area contributed by atoms with Gasteiger partial charge in [0.25, 0.3) is 0 Å². The van der Waals surface area contributed by atoms with Crippen molar-refractivity contribution in [3.05, 3.63) is 35.9 Å². The minimum Gasteiger partial charge on any atom is -0.387 e. The Morgan fingerprint density at radius 2 is 2.24 bits per heavy atom. The van der Waals surface area contributed by atoms with Gasteiger partial charge in [-0.25, -0.2) is 0 Å². The zero-order chi connectivity index (χ0) is 12.1. The van der Waals surface area contributed by atoms with Gasteiger partial charge in [-0.05, 0) is 24.9 Å². The van der Waals surface area contributed by atoms with Gasteiger partial charge >= 0.3 is 0 Å². The summed E-state index contributed by atoms with van der Waals surface area (Å²) in [4.78, 5) is 11.7. The average Bonchev–Trinajstić information content (AvgIpc) is 2.90. The molecule has 0 saturated carbocycles. The van der Waals surface area contributed by atoms with Gasteiger partial charge in [-0.1, -0.05) is 30.3 Å². The van der Waals surface area contributed by atoms with Crippen LogP contribution in [0, 0.1) is 0 Å². The van der Waals surface area contributed by atoms with Crippen molar-refractivity contribution in [2.24, 2.45) is 0 Å². The predicted octanol–water partition coefficient (Wildman–Crippen LogP) is 0.588. The molecule has 2 rings (SSSR count). The molecule has 4 heteroatoms. The first-order valence-corrected chi connectivity index (χ1v) is 6.01. The zero-order valence-corrected chi connectivity index (χ0v) is 9.73. The first kappa shape index (κ1) is 12.1. The van der Waals surface area contributed by atoms with E-state index in [9.17, 15) is 9.90 Å². The van der Waals surface area contributed by atoms with Crippen molar-refractivity contribution in [3.8, 4) is 0 Å². The van der Waals surface area contributed by atoms with Crippen LogP contribution in [0.25, 0.3) is 0 Å². The maximum Gasteiger partial charge on any atom is 0.237 e. The van der Waals surface area contributed by atoms with Crippen LogP contribution in [0.3, 0.4) is 0 Å². The Morgan fingerprint density at radius 3 is 2.88 bits per heavy atom. The fourth-order valence-corrected chi connectivity index (χ4v) is 2.02. The monoisotopic (exact) mass is 234 g/mol. The number of nitrogens with one attached hydrogen (secondary N) is 2. The van der Waals surface area contributed by atoms with E-state index in [1.165, 1.54) is 0 Å². The molecule has 0 aromatic heterocycles. The van der Waals surface area contributed by atoms with Crippen molar-refractivity contribution in [1.29, 1.82) is 0 Å². The summed E-state index contributed by atoms with van der Waals surface area (Å²) in [5.74, 6) is -0.0162. The summed E-state index contributed by atoms with van der Waals surface area (Å²) < 4.78 is 0. The SMILES string of the molecule is O=C(NCC(O)c1ccccc1)[C@@H]1CCCN1. The number of aliphatic hydroxyl groups excluding tert-OH is 1. The number of amides is 1. The van der Waals surface area contributed by atoms with Crippen LogP contribution in [0.2, 0.25) is 0 Å². The molecule has 3 N–H and O–H groups in total. The van der Waals surface area contributed by atoms with Gasteiger partial charge in [0, 0.05) is 6.54 Å². The van der Waals surface area contributed by atoms with Crippen LogP contribution in [-0.4, -0.2) is 30.1 Å². The molecule has 92 valence electrons. The van der Waals surface area contributed by atoms with Crippen molar-refractivity contribution < 1.29 is 9.90 Å². The van der Waals surface area contributed by atoms with Gasteiger partial charge in [-0.15, -0.1) is 0 Å². The van der Waals surface area contributed by atoms with E-state index in [2.05, 4.69) is 10.6 Å². The highest BCUT2D eigenvalue weighted by Crippen LogP contribution is 2.11. The van der Waals surface area contributed by atoms with Crippen LogP contribution in [0.4, 0.5) is 0 Å². The minimum atomic E-state index is -0.637. The van der Waals surface area contributed by atoms with E-state index >= 15 is 0 Å². The quantitative estimate of drug-likeness (QED) is 0.714. The number of carbonyl (C=O) groups excluding carboxylic acids is 1. The van der Waals surface area contributed by atoms with Gasteiger partial charge in [0.1, 0.15) is 0 Å². The first-order valence-electron chi connectivity index (χ1n) is 6.01. The molecule has 2 atom stereocenters. The average molecular weight is 234 g/mol. The van der Waals surface area contributed by atoms with Crippen LogP contribution >= 0.6 is 0 Å². The Labute approximate surface area is 101 Å². The van der Waals surface area contributed by atoms with Crippen molar-refractivity contribution in [2.45, 2.75) is 25.0 Å². The molecule has 0 aliphatic carbocycles. The molecule has 1 aromatic carbocycles. The maximum absolute atomic E-state index is 11.7. The van der Waals surface area contributed by atoms with E-state index in [1.54, 1.807) is 0 Å². The molecule has 1 fully saturated rings. The van der Waals surface area contributed by atoms with Gasteiger partial charge < -0.3 is 15.7 Å². The van der Waals surface area contributed by atoms with E-state index in [0.717, 1.165) is 24.9 Å². The molecule has 17 heavy (non-hydrogen) atoms. The van der Waals surface area contributed by atoms with E-state index in [1.807, 2.05) is 30.3 Å². The molecule has 1 saturated heterocycles. The highest BCUT2D eigenvalue weighted by molar-refractivity contribution is 5.82. The molecule has 0 radical (unpaired) electrons. The summed E-state index contributed by atoms with van der Waals surface area (Å²) in [6, 6.07) is 9.27. The Kier molecular flexibility index (Phi) is 4.12. The van der Waals surface area contributed by atoms with Crippen molar-refractivity contribution in [1.82, 2.24) is 10.6 Å². The van der Waals surface area contributed by atoms with E-state index in [0.29, 0.717) is 0 Å². The molecule has 0 bridgehead atoms. The lowest BCUT2D eigenvalue weighted by molar-refractivity contribution is -0.123. The molecular weight excluding hydrogens is 216 g/mol. The molecule has 1 aromatic rings. The van der Waals surface area contributed by atoms with Crippen molar-refractivity contribution >= 4 is 5.91 Å². The Hall–Kier alpha value is -1.39. The second-order valence-electron chi connectivity index (χ2n) is 4.32. The standard InChI is InChI=1S/C13H18N2O2/c16-12(10-5-2-1-3-6-10)9-15-13(17)11-7-4-8-14-11/h1-3,5-6,11-12,14,16H,4,7-9H2,(H,15,17)/t11-,12?/m0/s1. The molecule has 1 aliphatic heterocycles. The van der Waals surface area contributed by atoms with Crippen LogP contribution in [0.5, 0.6) is 0 Å². The molecular formula is C13H18N2O2. The fraction of sp³-hybridized carbons (Fsp3) is 0.462. The summed E-state index contributed by atoms with van der Waals surface area (Å²) in [6.07, 6.45) is 1.29. The number of aliphatic hydroxyl groups is 1. The van der Waals surface area contributed by atoms with Gasteiger partial charge in [0.05, 0.1) is 12.1 Å². The summed E-state index contributed by atoms with van der Waals surface area (Å²) >= 11 is 0. The first-order chi connectivity index (χ1) is 8.27. The van der Waals surface area contributed by atoms with Crippen LogP contribution in [0.1, 0.15) is 24.5 Å². The molecule has 1 aliphatic rings. The summed E-state index contributed by atoms with van der Waals surface area (Å²) in [7, 11) is 0. The summed E-state index contributed by atoms with van der Waals surface area (Å²) in [6.45, 7) is 1.17. The van der Waals surface area contributed by atoms with Gasteiger partial charge in [-0.2, -0.15) is 0 Å². The third-order valence-corrected chi connectivity index (χ3v) is 3.03. The second kappa shape index (κ2) is 5.80. The van der Waals surface area contributed by atoms with E-state index in [4.69, 9.17) is 0 Å². The fourth-order valence-electron chi connectivity index (χ4n) is 2.02. The van der Waals surface area contributed by atoms with E-state index in [-0.39, 0.29) is 18.5 Å². The number of hydrogen-bond donors (Lipinski definition) is 3. The Bertz CT molecular complexity index is 361. The summed E-state index contributed by atoms with van der Waals surface area (Å²) in [5.41, 5.74) is 0.826. The Balaban J connectivity index is 1.80. The summed E-state index contributed by atoms with van der Waals surface area (Å²) in [5, 5.41) is 15.8. The van der Waals surface area contributed by atoms with Gasteiger partial charge in [0.15, 0.2) is 0 Å². The second-order valence-corrected chi connectivity index (χ2v) is 4.32. The topological polar surface area (TPSA) is 61.4 Å². The van der Waals surface area contributed by atoms with Crippen molar-refractivity contribution in [3.63, 3.8) is 0 Å². The highest BCUT2D eigenvalue weighted by Gasteiger charge is 2.22. The maximum atomic E-state index is 11.7. The number of benzene rings is 1. The van der Waals surface area contributed by atoms with Gasteiger partial charge in [0.2, 0.25) is 5.91 Å². The lowest BCUT2D eigenvalue weighted by atomic mass is 10.1. The lowest BCUT2D eigenvalue weighted by Gasteiger charge is -2.15. The van der Waals surface area contributed by atoms with Crippen LogP contribution < -0.4 is 10.6 Å². The highest BCUT2D eigenvalue weighted by atomic mass is 16.3. The third-order valence-electron chi connectivity index (χ3n) is 3.03. The zero-order valence-electron chi connectivity index (χ0n) is 9.73. The van der Waals surface area contributed by atoms with Crippen LogP contribution in [0.15, 0.2) is 30.3 Å². The van der Waals surface area contributed by atoms with E-state index < -0.39 is 6.10 Å². The molecule has 1 amide bonds. The van der Waals surface area contributed by atoms with Crippen LogP contribution in [-0.2, 0) is 4.79 Å². The smallest absolute Gasteiger partial charge is 0.237 e. The molecule has 1 heterocycles. The molecule has 4 nitrogen and oxygen atoms in total. The number of rotatable bonds is 4. The third kappa shape index (κ3) is 3.28. The molecule has 1 unspecified atom stereocenters. The lowest BCUT2D eigenvalue weighted by Crippen LogP contribution is -2.41. The predicted molar refractivity (Wildman–Crippen MR) is 65.4 cm³/mol. The number of hydrogen-bond acceptors (Lipinski definition) is 3. The minimum absolute atomic E-state index is 0.0162. The largest absolute Gasteiger partial charge is 0.387 e. The number of carbonyl (C=O) groups is 1. The Morgan fingerprint density at radius 1 is 1.47 bits per heavy atom. The normalized spacial score (nSPS) is 21.1.